The van der Waals surface area contributed by atoms with Crippen LogP contribution in [0.1, 0.15) is 35.7 Å². The summed E-state index contributed by atoms with van der Waals surface area (Å²) in [5.74, 6) is 0.00681. The maximum absolute atomic E-state index is 11.3. The minimum atomic E-state index is -0.384. The summed E-state index contributed by atoms with van der Waals surface area (Å²) in [7, 11) is 0. The van der Waals surface area contributed by atoms with E-state index in [2.05, 4.69) is 24.9 Å². The molecule has 0 unspecified atom stereocenters. The van der Waals surface area contributed by atoms with Gasteiger partial charge in [0, 0.05) is 11.6 Å². The third kappa shape index (κ3) is 1.61. The first-order chi connectivity index (χ1) is 7.09. The number of nitrogens with two attached hydrogens (primary N) is 1. The molecule has 0 bridgehead atoms. The lowest BCUT2D eigenvalue weighted by Gasteiger charge is -2.08. The Morgan fingerprint density at radius 2 is 2.13 bits per heavy atom. The molecule has 0 fully saturated rings. The van der Waals surface area contributed by atoms with Crippen LogP contribution in [-0.2, 0) is 0 Å². The quantitative estimate of drug-likeness (QED) is 0.771. The zero-order valence-corrected chi connectivity index (χ0v) is 8.87. The average Bonchev–Trinajstić information content (AvgIpc) is 2.62. The zero-order valence-electron chi connectivity index (χ0n) is 8.87. The van der Waals surface area contributed by atoms with E-state index in [-0.39, 0.29) is 5.91 Å². The van der Waals surface area contributed by atoms with Crippen molar-refractivity contribution < 1.29 is 4.79 Å². The fraction of sp³-hybridized carbons (Fsp3) is 0.250. The van der Waals surface area contributed by atoms with E-state index in [1.54, 1.807) is 0 Å². The fourth-order valence-corrected chi connectivity index (χ4v) is 1.72. The highest BCUT2D eigenvalue weighted by molar-refractivity contribution is 6.05. The van der Waals surface area contributed by atoms with E-state index in [4.69, 9.17) is 5.73 Å². The van der Waals surface area contributed by atoms with Gasteiger partial charge in [0.2, 0.25) is 0 Å². The summed E-state index contributed by atoms with van der Waals surface area (Å²) in [6.45, 7) is 4.19. The number of H-pyrrole nitrogens is 1. The molecule has 1 heterocycles. The van der Waals surface area contributed by atoms with Crippen molar-refractivity contribution in [3.63, 3.8) is 0 Å². The highest BCUT2D eigenvalue weighted by atomic mass is 16.1. The standard InChI is InChI=1S/C12H14N2O/c1-7(2)9-5-8-3-4-14-11(8)10(6-9)12(13)15/h3-7,14H,1-2H3,(H2,13,15). The Labute approximate surface area is 88.3 Å². The number of carbonyl (C=O) groups is 1. The van der Waals surface area contributed by atoms with Crippen LogP contribution in [0, 0.1) is 0 Å². The minimum Gasteiger partial charge on any atom is -0.366 e. The number of rotatable bonds is 2. The van der Waals surface area contributed by atoms with Gasteiger partial charge in [0.1, 0.15) is 0 Å². The summed E-state index contributed by atoms with van der Waals surface area (Å²) >= 11 is 0. The second-order valence-corrected chi connectivity index (χ2v) is 4.03. The van der Waals surface area contributed by atoms with Crippen molar-refractivity contribution in [1.82, 2.24) is 4.98 Å². The number of primary amides is 1. The van der Waals surface area contributed by atoms with Gasteiger partial charge in [-0.2, -0.15) is 0 Å². The van der Waals surface area contributed by atoms with E-state index in [9.17, 15) is 4.79 Å². The Hall–Kier alpha value is -1.77. The third-order valence-corrected chi connectivity index (χ3v) is 2.61. The van der Waals surface area contributed by atoms with E-state index in [1.165, 1.54) is 0 Å². The summed E-state index contributed by atoms with van der Waals surface area (Å²) in [4.78, 5) is 14.3. The van der Waals surface area contributed by atoms with Crippen LogP contribution in [0.25, 0.3) is 10.9 Å². The van der Waals surface area contributed by atoms with E-state index in [0.717, 1.165) is 16.5 Å². The van der Waals surface area contributed by atoms with Crippen molar-refractivity contribution in [3.8, 4) is 0 Å². The molecule has 3 N–H and O–H groups in total. The lowest BCUT2D eigenvalue weighted by molar-refractivity contribution is 0.100. The molecule has 0 aliphatic heterocycles. The van der Waals surface area contributed by atoms with Crippen LogP contribution in [-0.4, -0.2) is 10.9 Å². The van der Waals surface area contributed by atoms with Gasteiger partial charge in [0.15, 0.2) is 0 Å². The zero-order chi connectivity index (χ0) is 11.0. The predicted octanol–water partition coefficient (Wildman–Crippen LogP) is 2.39. The van der Waals surface area contributed by atoms with Crippen molar-refractivity contribution in [3.05, 3.63) is 35.5 Å². The van der Waals surface area contributed by atoms with Gasteiger partial charge in [0.05, 0.1) is 11.1 Å². The molecule has 0 radical (unpaired) electrons. The normalized spacial score (nSPS) is 11.1. The van der Waals surface area contributed by atoms with Crippen LogP contribution in [0.5, 0.6) is 0 Å². The summed E-state index contributed by atoms with van der Waals surface area (Å²) in [5, 5.41) is 1.04. The number of fused-ring (bicyclic) bond motifs is 1. The van der Waals surface area contributed by atoms with E-state index >= 15 is 0 Å². The molecule has 0 aliphatic carbocycles. The summed E-state index contributed by atoms with van der Waals surface area (Å²) in [6.07, 6.45) is 1.82. The number of nitrogens with one attached hydrogen (secondary N) is 1. The van der Waals surface area contributed by atoms with Crippen molar-refractivity contribution in [2.45, 2.75) is 19.8 Å². The Morgan fingerprint density at radius 3 is 2.73 bits per heavy atom. The first-order valence-corrected chi connectivity index (χ1v) is 5.00. The number of aromatic nitrogens is 1. The topological polar surface area (TPSA) is 58.9 Å². The van der Waals surface area contributed by atoms with Gasteiger partial charge in [0.25, 0.3) is 5.91 Å². The predicted molar refractivity (Wildman–Crippen MR) is 60.9 cm³/mol. The van der Waals surface area contributed by atoms with E-state index < -0.39 is 0 Å². The molecule has 0 saturated heterocycles. The Kier molecular flexibility index (Phi) is 2.23. The highest BCUT2D eigenvalue weighted by Gasteiger charge is 2.11. The number of carbonyl (C=O) groups excluding carboxylic acids is 1. The largest absolute Gasteiger partial charge is 0.366 e. The van der Waals surface area contributed by atoms with Crippen molar-refractivity contribution >= 4 is 16.8 Å². The van der Waals surface area contributed by atoms with Crippen LogP contribution in [0.4, 0.5) is 0 Å². The molecule has 0 aliphatic rings. The Balaban J connectivity index is 2.74. The Morgan fingerprint density at radius 1 is 1.40 bits per heavy atom. The first-order valence-electron chi connectivity index (χ1n) is 5.00. The van der Waals surface area contributed by atoms with E-state index in [1.807, 2.05) is 18.3 Å². The van der Waals surface area contributed by atoms with E-state index in [0.29, 0.717) is 11.5 Å². The molecule has 1 aromatic carbocycles. The van der Waals surface area contributed by atoms with Gasteiger partial charge in [-0.3, -0.25) is 4.79 Å². The second kappa shape index (κ2) is 3.42. The smallest absolute Gasteiger partial charge is 0.250 e. The van der Waals surface area contributed by atoms with Gasteiger partial charge in [-0.05, 0) is 29.7 Å². The van der Waals surface area contributed by atoms with Crippen LogP contribution < -0.4 is 5.73 Å². The number of hydrogen-bond donors (Lipinski definition) is 2. The molecule has 2 rings (SSSR count). The van der Waals surface area contributed by atoms with Crippen molar-refractivity contribution in [2.24, 2.45) is 5.73 Å². The van der Waals surface area contributed by atoms with Crippen molar-refractivity contribution in [1.29, 1.82) is 0 Å². The van der Waals surface area contributed by atoms with Gasteiger partial charge in [-0.15, -0.1) is 0 Å². The average molecular weight is 202 g/mol. The molecular formula is C12H14N2O. The van der Waals surface area contributed by atoms with Crippen LogP contribution >= 0.6 is 0 Å². The molecule has 2 aromatic rings. The number of aromatic amines is 1. The highest BCUT2D eigenvalue weighted by Crippen LogP contribution is 2.24. The Bertz CT molecular complexity index is 511. The lowest BCUT2D eigenvalue weighted by Crippen LogP contribution is -2.12. The monoisotopic (exact) mass is 202 g/mol. The number of hydrogen-bond acceptors (Lipinski definition) is 1. The molecular weight excluding hydrogens is 188 g/mol. The molecule has 3 nitrogen and oxygen atoms in total. The lowest BCUT2D eigenvalue weighted by atomic mass is 9.98. The maximum Gasteiger partial charge on any atom is 0.250 e. The fourth-order valence-electron chi connectivity index (χ4n) is 1.72. The molecule has 0 spiro atoms. The van der Waals surface area contributed by atoms with Gasteiger partial charge in [-0.1, -0.05) is 13.8 Å². The molecule has 0 atom stereocenters. The first kappa shape index (κ1) is 9.77. The molecule has 1 aromatic heterocycles. The van der Waals surface area contributed by atoms with Crippen molar-refractivity contribution in [2.75, 3.05) is 0 Å². The second-order valence-electron chi connectivity index (χ2n) is 4.03. The number of benzene rings is 1. The minimum absolute atomic E-state index is 0.384. The number of amides is 1. The molecule has 0 saturated carbocycles. The summed E-state index contributed by atoms with van der Waals surface area (Å²) in [6, 6.07) is 5.91. The van der Waals surface area contributed by atoms with Gasteiger partial charge in [-0.25, -0.2) is 0 Å². The SMILES string of the molecule is CC(C)c1cc(C(N)=O)c2[nH]ccc2c1. The molecule has 78 valence electrons. The molecule has 3 heteroatoms. The van der Waals surface area contributed by atoms with Crippen LogP contribution in [0.3, 0.4) is 0 Å². The third-order valence-electron chi connectivity index (χ3n) is 2.61. The van der Waals surface area contributed by atoms with Crippen LogP contribution in [0.15, 0.2) is 24.4 Å². The molecule has 15 heavy (non-hydrogen) atoms. The maximum atomic E-state index is 11.3. The van der Waals surface area contributed by atoms with Gasteiger partial charge < -0.3 is 10.7 Å². The molecule has 1 amide bonds. The van der Waals surface area contributed by atoms with Crippen LogP contribution in [0.2, 0.25) is 0 Å². The summed E-state index contributed by atoms with van der Waals surface area (Å²) < 4.78 is 0. The van der Waals surface area contributed by atoms with Gasteiger partial charge >= 0.3 is 0 Å². The summed E-state index contributed by atoms with van der Waals surface area (Å²) in [5.41, 5.74) is 7.88.